The Hall–Kier alpha value is -1.71. The van der Waals surface area contributed by atoms with Crippen LogP contribution in [0.1, 0.15) is 42.5 Å². The van der Waals surface area contributed by atoms with Gasteiger partial charge in [-0.1, -0.05) is 19.3 Å². The van der Waals surface area contributed by atoms with E-state index in [1.165, 1.54) is 31.7 Å². The van der Waals surface area contributed by atoms with Gasteiger partial charge in [-0.05, 0) is 36.8 Å². The van der Waals surface area contributed by atoms with Gasteiger partial charge in [0.25, 0.3) is 5.91 Å². The molecule has 2 aliphatic rings. The van der Waals surface area contributed by atoms with Crippen molar-refractivity contribution < 1.29 is 14.6 Å². The maximum absolute atomic E-state index is 12.6. The summed E-state index contributed by atoms with van der Waals surface area (Å²) in [5, 5.41) is 10.0. The Kier molecular flexibility index (Phi) is 4.04. The molecule has 3 rings (SSSR count). The van der Waals surface area contributed by atoms with Gasteiger partial charge in [-0.15, -0.1) is 0 Å². The molecule has 0 radical (unpaired) electrons. The lowest BCUT2D eigenvalue weighted by Crippen LogP contribution is -2.44. The maximum Gasteiger partial charge on any atom is 0.257 e. The van der Waals surface area contributed by atoms with E-state index in [0.717, 1.165) is 25.4 Å². The Bertz CT molecular complexity index is 529. The van der Waals surface area contributed by atoms with Crippen molar-refractivity contribution in [2.45, 2.75) is 32.1 Å². The summed E-state index contributed by atoms with van der Waals surface area (Å²) in [5.74, 6) is 1.96. The summed E-state index contributed by atoms with van der Waals surface area (Å²) in [4.78, 5) is 14.5. The second-order valence-electron chi connectivity index (χ2n) is 6.23. The van der Waals surface area contributed by atoms with Gasteiger partial charge < -0.3 is 14.7 Å². The molecule has 1 aromatic rings. The fourth-order valence-corrected chi connectivity index (χ4v) is 3.77. The standard InChI is InChI=1S/C17H23NO3/c1-21-14-6-7-15(16(19)10-14)17(20)18-9-8-12-4-2-3-5-13(12)11-18/h6-7,10,12-13,19H,2-5,8-9,11H2,1H3. The van der Waals surface area contributed by atoms with E-state index in [2.05, 4.69) is 0 Å². The van der Waals surface area contributed by atoms with Gasteiger partial charge in [0.05, 0.1) is 12.7 Å². The first kappa shape index (κ1) is 14.2. The van der Waals surface area contributed by atoms with Crippen LogP contribution in [0, 0.1) is 11.8 Å². The van der Waals surface area contributed by atoms with E-state index in [1.54, 1.807) is 19.2 Å². The van der Waals surface area contributed by atoms with Crippen LogP contribution >= 0.6 is 0 Å². The van der Waals surface area contributed by atoms with Gasteiger partial charge in [0.15, 0.2) is 0 Å². The molecule has 1 aromatic carbocycles. The van der Waals surface area contributed by atoms with E-state index < -0.39 is 0 Å². The number of likely N-dealkylation sites (tertiary alicyclic amines) is 1. The average Bonchev–Trinajstić information content (AvgIpc) is 2.53. The number of piperidine rings is 1. The minimum atomic E-state index is -0.0563. The Morgan fingerprint density at radius 2 is 2.00 bits per heavy atom. The first-order valence-corrected chi connectivity index (χ1v) is 7.85. The first-order chi connectivity index (χ1) is 10.2. The van der Waals surface area contributed by atoms with Crippen LogP contribution in [-0.2, 0) is 0 Å². The zero-order valence-corrected chi connectivity index (χ0v) is 12.5. The number of nitrogens with zero attached hydrogens (tertiary/aromatic N) is 1. The van der Waals surface area contributed by atoms with Crippen molar-refractivity contribution in [3.63, 3.8) is 0 Å². The molecule has 2 fully saturated rings. The molecule has 0 bridgehead atoms. The second-order valence-corrected chi connectivity index (χ2v) is 6.23. The summed E-state index contributed by atoms with van der Waals surface area (Å²) in [6, 6.07) is 4.88. The van der Waals surface area contributed by atoms with Gasteiger partial charge in [-0.25, -0.2) is 0 Å². The number of phenolic OH excluding ortho intramolecular Hbond substituents is 1. The summed E-state index contributed by atoms with van der Waals surface area (Å²) < 4.78 is 5.06. The van der Waals surface area contributed by atoms with Crippen molar-refractivity contribution >= 4 is 5.91 Å². The van der Waals surface area contributed by atoms with Gasteiger partial charge >= 0.3 is 0 Å². The molecule has 1 N–H and O–H groups in total. The van der Waals surface area contributed by atoms with Crippen molar-refractivity contribution in [2.24, 2.45) is 11.8 Å². The topological polar surface area (TPSA) is 49.8 Å². The van der Waals surface area contributed by atoms with E-state index in [0.29, 0.717) is 17.2 Å². The zero-order valence-electron chi connectivity index (χ0n) is 12.5. The highest BCUT2D eigenvalue weighted by atomic mass is 16.5. The lowest BCUT2D eigenvalue weighted by molar-refractivity contribution is 0.0518. The third-order valence-electron chi connectivity index (χ3n) is 5.01. The van der Waals surface area contributed by atoms with Crippen LogP contribution in [0.3, 0.4) is 0 Å². The third-order valence-corrected chi connectivity index (χ3v) is 5.01. The number of hydrogen-bond acceptors (Lipinski definition) is 3. The summed E-state index contributed by atoms with van der Waals surface area (Å²) in [6.45, 7) is 1.65. The van der Waals surface area contributed by atoms with Crippen LogP contribution in [0.2, 0.25) is 0 Å². The number of benzene rings is 1. The predicted octanol–water partition coefficient (Wildman–Crippen LogP) is 3.05. The molecule has 1 saturated carbocycles. The number of carbonyl (C=O) groups excluding carboxylic acids is 1. The Labute approximate surface area is 125 Å². The van der Waals surface area contributed by atoms with E-state index in [1.807, 2.05) is 4.90 Å². The number of carbonyl (C=O) groups is 1. The van der Waals surface area contributed by atoms with Gasteiger partial charge in [-0.2, -0.15) is 0 Å². The first-order valence-electron chi connectivity index (χ1n) is 7.85. The fraction of sp³-hybridized carbons (Fsp3) is 0.588. The van der Waals surface area contributed by atoms with Crippen molar-refractivity contribution in [2.75, 3.05) is 20.2 Å². The molecule has 114 valence electrons. The molecule has 0 aromatic heterocycles. The van der Waals surface area contributed by atoms with Gasteiger partial charge in [0, 0.05) is 19.2 Å². The number of aromatic hydroxyl groups is 1. The molecule has 21 heavy (non-hydrogen) atoms. The molecule has 1 amide bonds. The summed E-state index contributed by atoms with van der Waals surface area (Å²) in [5.41, 5.74) is 0.380. The monoisotopic (exact) mass is 289 g/mol. The summed E-state index contributed by atoms with van der Waals surface area (Å²) in [6.07, 6.45) is 6.29. The fourth-order valence-electron chi connectivity index (χ4n) is 3.77. The minimum absolute atomic E-state index is 0.00474. The normalized spacial score (nSPS) is 25.3. The number of amides is 1. The zero-order chi connectivity index (χ0) is 14.8. The largest absolute Gasteiger partial charge is 0.507 e. The van der Waals surface area contributed by atoms with E-state index in [9.17, 15) is 9.90 Å². The Balaban J connectivity index is 1.73. The van der Waals surface area contributed by atoms with Crippen LogP contribution in [0.25, 0.3) is 0 Å². The number of hydrogen-bond donors (Lipinski definition) is 1. The van der Waals surface area contributed by atoms with Crippen molar-refractivity contribution in [1.29, 1.82) is 0 Å². The predicted molar refractivity (Wildman–Crippen MR) is 80.6 cm³/mol. The number of methoxy groups -OCH3 is 1. The average molecular weight is 289 g/mol. The highest BCUT2D eigenvalue weighted by Gasteiger charge is 2.33. The lowest BCUT2D eigenvalue weighted by Gasteiger charge is -2.41. The molecule has 2 unspecified atom stereocenters. The molecule has 4 nitrogen and oxygen atoms in total. The van der Waals surface area contributed by atoms with E-state index in [4.69, 9.17) is 4.74 Å². The van der Waals surface area contributed by atoms with Crippen LogP contribution in [-0.4, -0.2) is 36.1 Å². The highest BCUT2D eigenvalue weighted by Crippen LogP contribution is 2.37. The number of rotatable bonds is 2. The molecule has 4 heteroatoms. The van der Waals surface area contributed by atoms with Crippen LogP contribution < -0.4 is 4.74 Å². The minimum Gasteiger partial charge on any atom is -0.507 e. The molecule has 1 heterocycles. The van der Waals surface area contributed by atoms with Gasteiger partial charge in [0.1, 0.15) is 11.5 Å². The SMILES string of the molecule is COc1ccc(C(=O)N2CCC3CCCCC3C2)c(O)c1. The number of ether oxygens (including phenoxy) is 1. The summed E-state index contributed by atoms with van der Waals surface area (Å²) in [7, 11) is 1.55. The highest BCUT2D eigenvalue weighted by molar-refractivity contribution is 5.97. The maximum atomic E-state index is 12.6. The Morgan fingerprint density at radius 3 is 2.71 bits per heavy atom. The second kappa shape index (κ2) is 5.96. The summed E-state index contributed by atoms with van der Waals surface area (Å²) >= 11 is 0. The molecule has 1 aliphatic carbocycles. The van der Waals surface area contributed by atoms with Crippen molar-refractivity contribution in [1.82, 2.24) is 4.90 Å². The van der Waals surface area contributed by atoms with Gasteiger partial charge in [-0.3, -0.25) is 4.79 Å². The Morgan fingerprint density at radius 1 is 1.24 bits per heavy atom. The van der Waals surface area contributed by atoms with Gasteiger partial charge in [0.2, 0.25) is 0 Å². The quantitative estimate of drug-likeness (QED) is 0.910. The number of phenols is 1. The van der Waals surface area contributed by atoms with Crippen LogP contribution in [0.5, 0.6) is 11.5 Å². The van der Waals surface area contributed by atoms with Crippen molar-refractivity contribution in [3.05, 3.63) is 23.8 Å². The van der Waals surface area contributed by atoms with E-state index >= 15 is 0 Å². The third kappa shape index (κ3) is 2.85. The molecular formula is C17H23NO3. The smallest absolute Gasteiger partial charge is 0.257 e. The van der Waals surface area contributed by atoms with Crippen LogP contribution in [0.15, 0.2) is 18.2 Å². The van der Waals surface area contributed by atoms with Crippen LogP contribution in [0.4, 0.5) is 0 Å². The van der Waals surface area contributed by atoms with Crippen molar-refractivity contribution in [3.8, 4) is 11.5 Å². The lowest BCUT2D eigenvalue weighted by atomic mass is 9.75. The molecule has 0 spiro atoms. The molecular weight excluding hydrogens is 266 g/mol. The number of fused-ring (bicyclic) bond motifs is 1. The molecule has 2 atom stereocenters. The molecule has 1 saturated heterocycles. The molecule has 1 aliphatic heterocycles. The van der Waals surface area contributed by atoms with E-state index in [-0.39, 0.29) is 11.7 Å².